The summed E-state index contributed by atoms with van der Waals surface area (Å²) in [6.45, 7) is 15.2. The van der Waals surface area contributed by atoms with Gasteiger partial charge in [0.25, 0.3) is 6.71 Å². The molecule has 0 amide bonds. The Kier molecular flexibility index (Phi) is 10.7. The molecule has 11 aromatic rings. The smallest absolute Gasteiger partial charge is 0.252 e. The van der Waals surface area contributed by atoms with Crippen LogP contribution in [-0.4, -0.2) is 6.71 Å². The third kappa shape index (κ3) is 7.51. The van der Waals surface area contributed by atoms with Gasteiger partial charge in [0.05, 0.1) is 21.8 Å². The van der Waals surface area contributed by atoms with Crippen molar-refractivity contribution in [3.05, 3.63) is 245 Å². The maximum atomic E-state index is 2.62. The van der Waals surface area contributed by atoms with Gasteiger partial charge in [-0.3, -0.25) is 0 Å². The summed E-state index contributed by atoms with van der Waals surface area (Å²) in [5, 5.41) is 2.54. The van der Waals surface area contributed by atoms with Crippen LogP contribution >= 0.6 is 11.3 Å². The standard InChI is InChI=1S/C67H55BN4S/c1-42-12-25-49(26-13-42)69(50-27-14-43(2)15-28-50)55-39-61-64-62(40-55)72(54-35-22-47(6)23-36-54)65-59(68(64)58-38-48(7)24-37-60(58)71(61)53-33-20-46(5)21-34-53)41-57-56-10-8-9-11-63(56)73-67(57)66(65)70(51-29-16-44(3)17-30-51)52-31-18-45(4)19-32-52/h8-41H,1-7H3. The molecule has 0 saturated carbocycles. The Morgan fingerprint density at radius 2 is 0.795 bits per heavy atom. The Morgan fingerprint density at radius 1 is 0.356 bits per heavy atom. The van der Waals surface area contributed by atoms with Crippen LogP contribution in [0.5, 0.6) is 0 Å². The van der Waals surface area contributed by atoms with E-state index in [4.69, 9.17) is 0 Å². The molecule has 0 saturated heterocycles. The molecule has 13 rings (SSSR count). The van der Waals surface area contributed by atoms with Crippen molar-refractivity contribution in [3.63, 3.8) is 0 Å². The minimum absolute atomic E-state index is 0.126. The summed E-state index contributed by atoms with van der Waals surface area (Å²) in [6.07, 6.45) is 0. The number of thiophene rings is 1. The highest BCUT2D eigenvalue weighted by atomic mass is 32.1. The van der Waals surface area contributed by atoms with Crippen molar-refractivity contribution in [1.82, 2.24) is 0 Å². The lowest BCUT2D eigenvalue weighted by Crippen LogP contribution is -2.61. The minimum atomic E-state index is -0.126. The highest BCUT2D eigenvalue weighted by Crippen LogP contribution is 2.55. The summed E-state index contributed by atoms with van der Waals surface area (Å²) >= 11 is 1.90. The molecule has 352 valence electrons. The van der Waals surface area contributed by atoms with Crippen molar-refractivity contribution in [3.8, 4) is 0 Å². The second-order valence-electron chi connectivity index (χ2n) is 20.4. The van der Waals surface area contributed by atoms with E-state index in [9.17, 15) is 0 Å². The topological polar surface area (TPSA) is 13.0 Å². The highest BCUT2D eigenvalue weighted by Gasteiger charge is 2.46. The van der Waals surface area contributed by atoms with Gasteiger partial charge in [0.1, 0.15) is 0 Å². The Bertz CT molecular complexity index is 3830. The van der Waals surface area contributed by atoms with E-state index < -0.39 is 0 Å². The summed E-state index contributed by atoms with van der Waals surface area (Å²) in [5.74, 6) is 0. The molecule has 0 aliphatic carbocycles. The molecule has 2 aliphatic heterocycles. The number of fused-ring (bicyclic) bond motifs is 7. The first-order valence-electron chi connectivity index (χ1n) is 25.4. The molecule has 0 bridgehead atoms. The third-order valence-corrected chi connectivity index (χ3v) is 16.2. The number of rotatable bonds is 8. The van der Waals surface area contributed by atoms with Gasteiger partial charge in [-0.25, -0.2) is 0 Å². The molecule has 0 atom stereocenters. The van der Waals surface area contributed by atoms with Crippen molar-refractivity contribution in [2.45, 2.75) is 48.5 Å². The molecule has 6 heteroatoms. The summed E-state index contributed by atoms with van der Waals surface area (Å²) in [4.78, 5) is 10.2. The quantitative estimate of drug-likeness (QED) is 0.141. The fraction of sp³-hybridized carbons (Fsp3) is 0.104. The number of hydrogen-bond donors (Lipinski definition) is 0. The van der Waals surface area contributed by atoms with Gasteiger partial charge in [-0.15, -0.1) is 11.3 Å². The highest BCUT2D eigenvalue weighted by molar-refractivity contribution is 7.26. The number of benzene rings is 10. The fourth-order valence-electron chi connectivity index (χ4n) is 11.3. The van der Waals surface area contributed by atoms with Crippen LogP contribution in [0.3, 0.4) is 0 Å². The molecular formula is C67H55BN4S. The zero-order valence-electron chi connectivity index (χ0n) is 42.4. The number of anilines is 12. The van der Waals surface area contributed by atoms with Gasteiger partial charge in [-0.2, -0.15) is 0 Å². The Labute approximate surface area is 433 Å². The lowest BCUT2D eigenvalue weighted by atomic mass is 9.33. The van der Waals surface area contributed by atoms with Gasteiger partial charge >= 0.3 is 0 Å². The average molecular weight is 959 g/mol. The molecule has 0 unspecified atom stereocenters. The molecule has 10 aromatic carbocycles. The SMILES string of the molecule is Cc1ccc(N(c2ccc(C)cc2)c2cc3c4c(c2)N(c2ccc(C)cc2)c2c(cc5c(sc6ccccc65)c2N(c2ccc(C)cc2)c2ccc(C)cc2)B4c2cc(C)ccc2N3c2ccc(C)cc2)cc1. The monoisotopic (exact) mass is 958 g/mol. The molecule has 4 nitrogen and oxygen atoms in total. The van der Waals surface area contributed by atoms with Crippen molar-refractivity contribution < 1.29 is 0 Å². The Balaban J connectivity index is 1.23. The second kappa shape index (κ2) is 17.5. The summed E-state index contributed by atoms with van der Waals surface area (Å²) in [6, 6.07) is 78.2. The van der Waals surface area contributed by atoms with Crippen LogP contribution in [0.15, 0.2) is 206 Å². The van der Waals surface area contributed by atoms with Crippen LogP contribution in [0.1, 0.15) is 38.9 Å². The first-order chi connectivity index (χ1) is 35.6. The molecule has 0 radical (unpaired) electrons. The van der Waals surface area contributed by atoms with Crippen LogP contribution in [0, 0.1) is 48.5 Å². The molecule has 73 heavy (non-hydrogen) atoms. The van der Waals surface area contributed by atoms with Crippen LogP contribution in [-0.2, 0) is 0 Å². The van der Waals surface area contributed by atoms with Crippen LogP contribution < -0.4 is 36.0 Å². The average Bonchev–Trinajstić information content (AvgIpc) is 3.78. The van der Waals surface area contributed by atoms with E-state index in [2.05, 4.69) is 274 Å². The molecule has 0 spiro atoms. The van der Waals surface area contributed by atoms with Crippen molar-refractivity contribution in [2.24, 2.45) is 0 Å². The second-order valence-corrected chi connectivity index (χ2v) is 21.4. The zero-order valence-corrected chi connectivity index (χ0v) is 43.2. The van der Waals surface area contributed by atoms with E-state index in [1.807, 2.05) is 11.3 Å². The van der Waals surface area contributed by atoms with E-state index >= 15 is 0 Å². The van der Waals surface area contributed by atoms with Crippen LogP contribution in [0.4, 0.5) is 68.2 Å². The van der Waals surface area contributed by atoms with Gasteiger partial charge < -0.3 is 19.6 Å². The van der Waals surface area contributed by atoms with Gasteiger partial charge in [0, 0.05) is 66.7 Å². The molecule has 0 fully saturated rings. The first-order valence-corrected chi connectivity index (χ1v) is 26.2. The minimum Gasteiger partial charge on any atom is -0.311 e. The zero-order chi connectivity index (χ0) is 49.6. The van der Waals surface area contributed by atoms with E-state index in [1.54, 1.807) is 0 Å². The maximum Gasteiger partial charge on any atom is 0.252 e. The lowest BCUT2D eigenvalue weighted by molar-refractivity contribution is 1.21. The van der Waals surface area contributed by atoms with E-state index in [1.165, 1.54) is 92.6 Å². The van der Waals surface area contributed by atoms with Crippen LogP contribution in [0.25, 0.3) is 20.2 Å². The van der Waals surface area contributed by atoms with E-state index in [-0.39, 0.29) is 6.71 Å². The molecule has 3 heterocycles. The summed E-state index contributed by atoms with van der Waals surface area (Å²) in [7, 11) is 0. The molecule has 1 aromatic heterocycles. The predicted molar refractivity (Wildman–Crippen MR) is 316 cm³/mol. The van der Waals surface area contributed by atoms with Crippen molar-refractivity contribution in [2.75, 3.05) is 19.6 Å². The first kappa shape index (κ1) is 44.6. The van der Waals surface area contributed by atoms with E-state index in [0.717, 1.165) is 51.2 Å². The normalized spacial score (nSPS) is 12.5. The summed E-state index contributed by atoms with van der Waals surface area (Å²) in [5.41, 5.74) is 26.0. The molecule has 2 aliphatic rings. The van der Waals surface area contributed by atoms with Gasteiger partial charge in [0.2, 0.25) is 0 Å². The third-order valence-electron chi connectivity index (χ3n) is 15.0. The van der Waals surface area contributed by atoms with Gasteiger partial charge in [0.15, 0.2) is 0 Å². The van der Waals surface area contributed by atoms with Gasteiger partial charge in [-0.1, -0.05) is 148 Å². The Morgan fingerprint density at radius 3 is 1.32 bits per heavy atom. The number of aryl methyl sites for hydroxylation is 7. The predicted octanol–water partition coefficient (Wildman–Crippen LogP) is 17.2. The van der Waals surface area contributed by atoms with E-state index in [0.29, 0.717) is 0 Å². The number of nitrogens with zero attached hydrogens (tertiary/aromatic N) is 4. The maximum absolute atomic E-state index is 2.62. The largest absolute Gasteiger partial charge is 0.311 e. The lowest BCUT2D eigenvalue weighted by Gasteiger charge is -2.46. The molecule has 0 N–H and O–H groups in total. The summed E-state index contributed by atoms with van der Waals surface area (Å²) < 4.78 is 2.52. The number of hydrogen-bond acceptors (Lipinski definition) is 5. The molecular weight excluding hydrogens is 904 g/mol. The van der Waals surface area contributed by atoms with Crippen molar-refractivity contribution in [1.29, 1.82) is 0 Å². The fourth-order valence-corrected chi connectivity index (χ4v) is 12.5. The Hall–Kier alpha value is -8.32. The van der Waals surface area contributed by atoms with Crippen LogP contribution in [0.2, 0.25) is 0 Å². The van der Waals surface area contributed by atoms with Crippen molar-refractivity contribution >= 4 is 123 Å². The van der Waals surface area contributed by atoms with Gasteiger partial charge in [-0.05, 0) is 162 Å².